The van der Waals surface area contributed by atoms with Crippen LogP contribution in [0.4, 0.5) is 0 Å². The minimum Gasteiger partial charge on any atom is -0.497 e. The number of hydrogen-bond donors (Lipinski definition) is 1. The summed E-state index contributed by atoms with van der Waals surface area (Å²) in [7, 11) is -1.13. The molecule has 2 aromatic rings. The monoisotopic (exact) mass is 420 g/mol. The van der Waals surface area contributed by atoms with Gasteiger partial charge in [-0.25, -0.2) is 8.42 Å². The molecule has 0 saturated heterocycles. The summed E-state index contributed by atoms with van der Waals surface area (Å²) in [6, 6.07) is 13.6. The second-order valence-electron chi connectivity index (χ2n) is 6.97. The summed E-state index contributed by atoms with van der Waals surface area (Å²) in [5.74, 6) is 0.542. The molecular weight excluding hydrogens is 392 g/mol. The lowest BCUT2D eigenvalue weighted by Crippen LogP contribution is -2.41. The summed E-state index contributed by atoms with van der Waals surface area (Å²) in [6.07, 6.45) is 0. The molecule has 0 aromatic heterocycles. The van der Waals surface area contributed by atoms with Crippen molar-refractivity contribution in [3.63, 3.8) is 0 Å². The molecule has 0 unspecified atom stereocenters. The SMILES string of the molecule is COc1ccc(S(=O)(=O)N(CC(=O)NCC(C)C)Cc2ccccc2)c(OC)c1. The number of nitrogens with one attached hydrogen (secondary N) is 1. The molecule has 2 aromatic carbocycles. The number of sulfonamides is 1. The van der Waals surface area contributed by atoms with Crippen LogP contribution in [0.3, 0.4) is 0 Å². The van der Waals surface area contributed by atoms with Gasteiger partial charge >= 0.3 is 0 Å². The molecule has 29 heavy (non-hydrogen) atoms. The standard InChI is InChI=1S/C21H28N2O5S/c1-16(2)13-22-21(24)15-23(14-17-8-6-5-7-9-17)29(25,26)20-11-10-18(27-3)12-19(20)28-4/h5-12,16H,13-15H2,1-4H3,(H,22,24). The van der Waals surface area contributed by atoms with Gasteiger partial charge < -0.3 is 14.8 Å². The Bertz CT molecular complexity index is 914. The van der Waals surface area contributed by atoms with Gasteiger partial charge in [0.15, 0.2) is 0 Å². The Morgan fingerprint density at radius 3 is 2.34 bits per heavy atom. The Balaban J connectivity index is 2.39. The molecule has 7 nitrogen and oxygen atoms in total. The van der Waals surface area contributed by atoms with Crippen molar-refractivity contribution in [2.24, 2.45) is 5.92 Å². The molecule has 0 bridgehead atoms. The highest BCUT2D eigenvalue weighted by Crippen LogP contribution is 2.31. The van der Waals surface area contributed by atoms with Crippen molar-refractivity contribution >= 4 is 15.9 Å². The number of benzene rings is 2. The van der Waals surface area contributed by atoms with Crippen LogP contribution in [-0.4, -0.2) is 45.9 Å². The molecule has 0 fully saturated rings. The summed E-state index contributed by atoms with van der Waals surface area (Å²) in [5.41, 5.74) is 0.778. The lowest BCUT2D eigenvalue weighted by atomic mass is 10.2. The van der Waals surface area contributed by atoms with E-state index in [2.05, 4.69) is 5.32 Å². The Labute approximate surface area is 172 Å². The van der Waals surface area contributed by atoms with E-state index in [1.807, 2.05) is 44.2 Å². The van der Waals surface area contributed by atoms with E-state index in [0.717, 1.165) is 9.87 Å². The molecule has 8 heteroatoms. The number of amides is 1. The Hall–Kier alpha value is -2.58. The maximum Gasteiger partial charge on any atom is 0.247 e. The van der Waals surface area contributed by atoms with Crippen LogP contribution in [-0.2, 0) is 21.4 Å². The highest BCUT2D eigenvalue weighted by Gasteiger charge is 2.30. The second-order valence-corrected chi connectivity index (χ2v) is 8.88. The van der Waals surface area contributed by atoms with Crippen LogP contribution < -0.4 is 14.8 Å². The van der Waals surface area contributed by atoms with Gasteiger partial charge in [-0.2, -0.15) is 4.31 Å². The predicted molar refractivity (Wildman–Crippen MR) is 111 cm³/mol. The quantitative estimate of drug-likeness (QED) is 0.639. The van der Waals surface area contributed by atoms with E-state index in [-0.39, 0.29) is 35.6 Å². The average Bonchev–Trinajstić information content (AvgIpc) is 2.71. The van der Waals surface area contributed by atoms with E-state index in [1.165, 1.54) is 26.4 Å². The molecule has 0 saturated carbocycles. The van der Waals surface area contributed by atoms with Crippen LogP contribution in [0.15, 0.2) is 53.4 Å². The summed E-state index contributed by atoms with van der Waals surface area (Å²) >= 11 is 0. The Kier molecular flexibility index (Phi) is 8.04. The van der Waals surface area contributed by atoms with Gasteiger partial charge in [-0.15, -0.1) is 0 Å². The zero-order valence-corrected chi connectivity index (χ0v) is 18.0. The van der Waals surface area contributed by atoms with E-state index in [1.54, 1.807) is 6.07 Å². The molecule has 1 amide bonds. The number of carbonyl (C=O) groups is 1. The number of rotatable bonds is 10. The normalized spacial score (nSPS) is 11.5. The van der Waals surface area contributed by atoms with E-state index >= 15 is 0 Å². The topological polar surface area (TPSA) is 84.9 Å². The smallest absolute Gasteiger partial charge is 0.247 e. The predicted octanol–water partition coefficient (Wildman–Crippen LogP) is 2.67. The molecule has 0 radical (unpaired) electrons. The molecule has 0 aliphatic carbocycles. The number of ether oxygens (including phenoxy) is 2. The minimum atomic E-state index is -4.01. The van der Waals surface area contributed by atoms with Crippen LogP contribution >= 0.6 is 0 Å². The first-order valence-corrected chi connectivity index (χ1v) is 10.7. The number of hydrogen-bond acceptors (Lipinski definition) is 5. The third kappa shape index (κ3) is 6.20. The molecule has 0 aliphatic rings. The highest BCUT2D eigenvalue weighted by atomic mass is 32.2. The molecule has 0 spiro atoms. The van der Waals surface area contributed by atoms with Gasteiger partial charge in [-0.05, 0) is 23.6 Å². The van der Waals surface area contributed by atoms with E-state index < -0.39 is 10.0 Å². The third-order valence-corrected chi connectivity index (χ3v) is 6.05. The Morgan fingerprint density at radius 1 is 1.07 bits per heavy atom. The second kappa shape index (κ2) is 10.3. The largest absolute Gasteiger partial charge is 0.497 e. The van der Waals surface area contributed by atoms with Crippen LogP contribution in [0.25, 0.3) is 0 Å². The van der Waals surface area contributed by atoms with Gasteiger partial charge in [-0.1, -0.05) is 44.2 Å². The maximum atomic E-state index is 13.4. The van der Waals surface area contributed by atoms with Gasteiger partial charge in [0.2, 0.25) is 15.9 Å². The first-order valence-electron chi connectivity index (χ1n) is 9.30. The van der Waals surface area contributed by atoms with Crippen molar-refractivity contribution in [1.82, 2.24) is 9.62 Å². The zero-order chi connectivity index (χ0) is 21.4. The molecule has 2 rings (SSSR count). The maximum absolute atomic E-state index is 13.4. The molecule has 158 valence electrons. The van der Waals surface area contributed by atoms with Crippen molar-refractivity contribution in [1.29, 1.82) is 0 Å². The van der Waals surface area contributed by atoms with Gasteiger partial charge in [0.1, 0.15) is 16.4 Å². The first kappa shape index (κ1) is 22.7. The number of carbonyl (C=O) groups excluding carboxylic acids is 1. The fourth-order valence-corrected chi connectivity index (χ4v) is 4.19. The van der Waals surface area contributed by atoms with Crippen molar-refractivity contribution in [2.75, 3.05) is 27.3 Å². The molecule has 0 aliphatic heterocycles. The Morgan fingerprint density at radius 2 is 1.76 bits per heavy atom. The fraction of sp³-hybridized carbons (Fsp3) is 0.381. The lowest BCUT2D eigenvalue weighted by molar-refractivity contribution is -0.121. The van der Waals surface area contributed by atoms with Crippen molar-refractivity contribution in [3.05, 3.63) is 54.1 Å². The molecular formula is C21H28N2O5S. The first-order chi connectivity index (χ1) is 13.8. The van der Waals surface area contributed by atoms with Crippen molar-refractivity contribution in [2.45, 2.75) is 25.3 Å². The van der Waals surface area contributed by atoms with Crippen LogP contribution in [0.5, 0.6) is 11.5 Å². The zero-order valence-electron chi connectivity index (χ0n) is 17.2. The minimum absolute atomic E-state index is 0.0200. The number of nitrogens with zero attached hydrogens (tertiary/aromatic N) is 1. The summed E-state index contributed by atoms with van der Waals surface area (Å²) in [6.45, 7) is 4.19. The summed E-state index contributed by atoms with van der Waals surface area (Å²) < 4.78 is 38.4. The van der Waals surface area contributed by atoms with Crippen LogP contribution in [0.2, 0.25) is 0 Å². The van der Waals surface area contributed by atoms with Crippen LogP contribution in [0, 0.1) is 5.92 Å². The summed E-state index contributed by atoms with van der Waals surface area (Å²) in [4.78, 5) is 12.4. The van der Waals surface area contributed by atoms with E-state index in [9.17, 15) is 13.2 Å². The summed E-state index contributed by atoms with van der Waals surface area (Å²) in [5, 5.41) is 2.77. The van der Waals surface area contributed by atoms with Gasteiger partial charge in [0.05, 0.1) is 20.8 Å². The van der Waals surface area contributed by atoms with Crippen LogP contribution in [0.1, 0.15) is 19.4 Å². The van der Waals surface area contributed by atoms with E-state index in [4.69, 9.17) is 9.47 Å². The van der Waals surface area contributed by atoms with Gasteiger partial charge in [-0.3, -0.25) is 4.79 Å². The molecule has 0 heterocycles. The molecule has 1 N–H and O–H groups in total. The van der Waals surface area contributed by atoms with Gasteiger partial charge in [0, 0.05) is 19.2 Å². The average molecular weight is 421 g/mol. The fourth-order valence-electron chi connectivity index (χ4n) is 2.67. The van der Waals surface area contributed by atoms with E-state index in [0.29, 0.717) is 12.3 Å². The van der Waals surface area contributed by atoms with Crippen molar-refractivity contribution in [3.8, 4) is 11.5 Å². The lowest BCUT2D eigenvalue weighted by Gasteiger charge is -2.23. The third-order valence-electron chi connectivity index (χ3n) is 4.22. The van der Waals surface area contributed by atoms with Crippen molar-refractivity contribution < 1.29 is 22.7 Å². The molecule has 0 atom stereocenters. The highest BCUT2D eigenvalue weighted by molar-refractivity contribution is 7.89. The van der Waals surface area contributed by atoms with Gasteiger partial charge in [0.25, 0.3) is 0 Å². The number of methoxy groups -OCH3 is 2.